The Labute approximate surface area is 106 Å². The normalized spacial score (nSPS) is 23.3. The topological polar surface area (TPSA) is 97.1 Å². The van der Waals surface area contributed by atoms with E-state index in [1.165, 1.54) is 0 Å². The Morgan fingerprint density at radius 1 is 1.61 bits per heavy atom. The Hall–Kier alpha value is -1.47. The molecule has 0 spiro atoms. The maximum atomic E-state index is 12.1. The zero-order valence-corrected chi connectivity index (χ0v) is 10.7. The number of carbonyl (C=O) groups excluding carboxylic acids is 1. The van der Waals surface area contributed by atoms with Crippen LogP contribution in [-0.2, 0) is 16.1 Å². The Balaban J connectivity index is 1.89. The molecule has 0 aliphatic carbocycles. The zero-order chi connectivity index (χ0) is 13.1. The minimum atomic E-state index is -0.372. The van der Waals surface area contributed by atoms with E-state index in [9.17, 15) is 4.79 Å². The number of hydrogen-bond donors (Lipinski definition) is 2. The number of aryl methyl sites for hydroxylation is 1. The van der Waals surface area contributed by atoms with Crippen LogP contribution in [0, 0.1) is 6.92 Å². The molecule has 0 saturated carbocycles. The van der Waals surface area contributed by atoms with Gasteiger partial charge in [0.2, 0.25) is 0 Å². The lowest BCUT2D eigenvalue weighted by Crippen LogP contribution is -2.37. The minimum absolute atomic E-state index is 0.0121. The number of H-pyrrole nitrogens is 1. The molecule has 1 fully saturated rings. The van der Waals surface area contributed by atoms with Crippen LogP contribution in [-0.4, -0.2) is 51.8 Å². The van der Waals surface area contributed by atoms with Crippen molar-refractivity contribution in [2.24, 2.45) is 5.73 Å². The lowest BCUT2D eigenvalue weighted by atomic mass is 10.2. The van der Waals surface area contributed by atoms with Gasteiger partial charge in [-0.2, -0.15) is 5.10 Å². The van der Waals surface area contributed by atoms with Crippen molar-refractivity contribution in [3.63, 3.8) is 0 Å². The van der Waals surface area contributed by atoms with Crippen LogP contribution >= 0.6 is 0 Å². The van der Waals surface area contributed by atoms with Crippen LogP contribution in [0.2, 0.25) is 0 Å². The highest BCUT2D eigenvalue weighted by Gasteiger charge is 2.31. The minimum Gasteiger partial charge on any atom is -0.364 e. The molecule has 2 atom stereocenters. The van der Waals surface area contributed by atoms with E-state index in [2.05, 4.69) is 15.2 Å². The second kappa shape index (κ2) is 5.45. The fourth-order valence-electron chi connectivity index (χ4n) is 2.06. The summed E-state index contributed by atoms with van der Waals surface area (Å²) in [7, 11) is 1.73. The third-order valence-electron chi connectivity index (χ3n) is 3.04. The SMILES string of the molecule is Cc1nc(CN(C)C(=O)C2CCC(CN)O2)n[nH]1. The summed E-state index contributed by atoms with van der Waals surface area (Å²) in [5.41, 5.74) is 5.52. The summed E-state index contributed by atoms with van der Waals surface area (Å²) in [5, 5.41) is 6.76. The molecule has 0 bridgehead atoms. The van der Waals surface area contributed by atoms with Crippen LogP contribution in [0.15, 0.2) is 0 Å². The van der Waals surface area contributed by atoms with Crippen molar-refractivity contribution in [2.45, 2.75) is 38.5 Å². The summed E-state index contributed by atoms with van der Waals surface area (Å²) in [5.74, 6) is 1.32. The summed E-state index contributed by atoms with van der Waals surface area (Å²) in [6.07, 6.45) is 1.22. The average Bonchev–Trinajstić information content (AvgIpc) is 2.97. The van der Waals surface area contributed by atoms with Gasteiger partial charge in [0.1, 0.15) is 11.9 Å². The van der Waals surface area contributed by atoms with Crippen LogP contribution in [0.4, 0.5) is 0 Å². The van der Waals surface area contributed by atoms with Gasteiger partial charge in [0, 0.05) is 13.6 Å². The molecule has 0 aromatic carbocycles. The van der Waals surface area contributed by atoms with Gasteiger partial charge < -0.3 is 15.4 Å². The Morgan fingerprint density at radius 2 is 2.39 bits per heavy atom. The van der Waals surface area contributed by atoms with E-state index in [0.29, 0.717) is 18.9 Å². The van der Waals surface area contributed by atoms with Gasteiger partial charge in [-0.15, -0.1) is 0 Å². The van der Waals surface area contributed by atoms with Gasteiger partial charge >= 0.3 is 0 Å². The molecule has 1 saturated heterocycles. The van der Waals surface area contributed by atoms with E-state index in [1.54, 1.807) is 11.9 Å². The molecule has 2 rings (SSSR count). The van der Waals surface area contributed by atoms with Gasteiger partial charge in [0.05, 0.1) is 12.6 Å². The van der Waals surface area contributed by atoms with Gasteiger partial charge in [-0.25, -0.2) is 4.98 Å². The van der Waals surface area contributed by atoms with Crippen molar-refractivity contribution in [2.75, 3.05) is 13.6 Å². The number of amides is 1. The molecular formula is C11H19N5O2. The van der Waals surface area contributed by atoms with Crippen molar-refractivity contribution in [1.82, 2.24) is 20.1 Å². The number of nitrogens with one attached hydrogen (secondary N) is 1. The van der Waals surface area contributed by atoms with Crippen molar-refractivity contribution in [3.05, 3.63) is 11.6 Å². The molecule has 1 aliphatic rings. The third-order valence-corrected chi connectivity index (χ3v) is 3.04. The first-order chi connectivity index (χ1) is 8.60. The molecule has 100 valence electrons. The lowest BCUT2D eigenvalue weighted by Gasteiger charge is -2.19. The molecule has 2 unspecified atom stereocenters. The van der Waals surface area contributed by atoms with Crippen LogP contribution in [0.25, 0.3) is 0 Å². The number of aromatic amines is 1. The summed E-state index contributed by atoms with van der Waals surface area (Å²) in [6, 6.07) is 0. The van der Waals surface area contributed by atoms with Crippen LogP contribution in [0.5, 0.6) is 0 Å². The number of aromatic nitrogens is 3. The maximum absolute atomic E-state index is 12.1. The summed E-state index contributed by atoms with van der Waals surface area (Å²) < 4.78 is 5.57. The number of nitrogens with zero attached hydrogens (tertiary/aromatic N) is 3. The largest absolute Gasteiger partial charge is 0.364 e. The average molecular weight is 253 g/mol. The highest BCUT2D eigenvalue weighted by atomic mass is 16.5. The molecule has 1 aliphatic heterocycles. The maximum Gasteiger partial charge on any atom is 0.251 e. The Kier molecular flexibility index (Phi) is 3.93. The van der Waals surface area contributed by atoms with E-state index in [0.717, 1.165) is 18.7 Å². The lowest BCUT2D eigenvalue weighted by molar-refractivity contribution is -0.142. The van der Waals surface area contributed by atoms with Gasteiger partial charge in [-0.1, -0.05) is 0 Å². The highest BCUT2D eigenvalue weighted by Crippen LogP contribution is 2.20. The molecular weight excluding hydrogens is 234 g/mol. The van der Waals surface area contributed by atoms with E-state index < -0.39 is 0 Å². The first-order valence-corrected chi connectivity index (χ1v) is 6.08. The molecule has 1 aromatic heterocycles. The third kappa shape index (κ3) is 2.85. The van der Waals surface area contributed by atoms with Gasteiger partial charge in [0.25, 0.3) is 5.91 Å². The Bertz CT molecular complexity index is 419. The van der Waals surface area contributed by atoms with E-state index in [1.807, 2.05) is 6.92 Å². The molecule has 1 amide bonds. The van der Waals surface area contributed by atoms with Crippen LogP contribution in [0.3, 0.4) is 0 Å². The predicted molar refractivity (Wildman–Crippen MR) is 64.5 cm³/mol. The number of hydrogen-bond acceptors (Lipinski definition) is 5. The molecule has 1 aromatic rings. The number of rotatable bonds is 4. The standard InChI is InChI=1S/C11H19N5O2/c1-7-13-10(15-14-7)6-16(2)11(17)9-4-3-8(5-12)18-9/h8-9H,3-6,12H2,1-2H3,(H,13,14,15). The fourth-order valence-corrected chi connectivity index (χ4v) is 2.06. The highest BCUT2D eigenvalue weighted by molar-refractivity contribution is 5.80. The first-order valence-electron chi connectivity index (χ1n) is 6.08. The van der Waals surface area contributed by atoms with Crippen molar-refractivity contribution >= 4 is 5.91 Å². The molecule has 3 N–H and O–H groups in total. The van der Waals surface area contributed by atoms with Crippen molar-refractivity contribution in [3.8, 4) is 0 Å². The summed E-state index contributed by atoms with van der Waals surface area (Å²) in [4.78, 5) is 17.9. The van der Waals surface area contributed by atoms with Crippen LogP contribution in [0.1, 0.15) is 24.5 Å². The predicted octanol–water partition coefficient (Wildman–Crippen LogP) is -0.422. The van der Waals surface area contributed by atoms with E-state index in [4.69, 9.17) is 10.5 Å². The van der Waals surface area contributed by atoms with E-state index in [-0.39, 0.29) is 18.1 Å². The van der Waals surface area contributed by atoms with Gasteiger partial charge in [-0.05, 0) is 19.8 Å². The fraction of sp³-hybridized carbons (Fsp3) is 0.727. The smallest absolute Gasteiger partial charge is 0.251 e. The number of carbonyl (C=O) groups is 1. The number of nitrogens with two attached hydrogens (primary N) is 1. The molecule has 7 heteroatoms. The van der Waals surface area contributed by atoms with Crippen LogP contribution < -0.4 is 5.73 Å². The van der Waals surface area contributed by atoms with Gasteiger partial charge in [-0.3, -0.25) is 9.89 Å². The summed E-state index contributed by atoms with van der Waals surface area (Å²) >= 11 is 0. The zero-order valence-electron chi connectivity index (χ0n) is 10.7. The molecule has 2 heterocycles. The van der Waals surface area contributed by atoms with Crippen molar-refractivity contribution in [1.29, 1.82) is 0 Å². The monoisotopic (exact) mass is 253 g/mol. The quantitative estimate of drug-likeness (QED) is 0.759. The molecule has 7 nitrogen and oxygen atoms in total. The number of ether oxygens (including phenoxy) is 1. The number of likely N-dealkylation sites (N-methyl/N-ethyl adjacent to an activating group) is 1. The van der Waals surface area contributed by atoms with E-state index >= 15 is 0 Å². The first kappa shape index (κ1) is 13.0. The molecule has 0 radical (unpaired) electrons. The van der Waals surface area contributed by atoms with Crippen molar-refractivity contribution < 1.29 is 9.53 Å². The van der Waals surface area contributed by atoms with Gasteiger partial charge in [0.15, 0.2) is 5.82 Å². The molecule has 18 heavy (non-hydrogen) atoms. The summed E-state index contributed by atoms with van der Waals surface area (Å²) in [6.45, 7) is 2.67. The second-order valence-electron chi connectivity index (χ2n) is 4.59. The Morgan fingerprint density at radius 3 is 2.94 bits per heavy atom. The second-order valence-corrected chi connectivity index (χ2v) is 4.59.